The Morgan fingerprint density at radius 1 is 1.50 bits per heavy atom. The summed E-state index contributed by atoms with van der Waals surface area (Å²) in [4.78, 5) is 16.4. The molecule has 1 aliphatic rings. The van der Waals surface area contributed by atoms with Crippen molar-refractivity contribution < 1.29 is 9.66 Å². The largest absolute Gasteiger partial charge is 0.379 e. The van der Waals surface area contributed by atoms with E-state index in [2.05, 4.69) is 15.2 Å². The lowest BCUT2D eigenvalue weighted by atomic mass is 10.3. The minimum absolute atomic E-state index is 0.0134. The number of nitrogens with one attached hydrogen (secondary N) is 1. The molecule has 18 heavy (non-hydrogen) atoms. The van der Waals surface area contributed by atoms with Crippen LogP contribution in [-0.2, 0) is 4.74 Å². The Morgan fingerprint density at radius 2 is 2.28 bits per heavy atom. The van der Waals surface area contributed by atoms with Crippen LogP contribution in [0.1, 0.15) is 0 Å². The molecule has 0 atom stereocenters. The number of morpholine rings is 1. The van der Waals surface area contributed by atoms with Crippen LogP contribution in [0.4, 0.5) is 11.4 Å². The maximum absolute atomic E-state index is 10.8. The highest BCUT2D eigenvalue weighted by molar-refractivity contribution is 5.59. The van der Waals surface area contributed by atoms with Crippen molar-refractivity contribution in [2.75, 3.05) is 44.7 Å². The van der Waals surface area contributed by atoms with Gasteiger partial charge in [0.15, 0.2) is 0 Å². The molecule has 0 bridgehead atoms. The summed E-state index contributed by atoms with van der Waals surface area (Å²) in [6.45, 7) is 4.87. The zero-order valence-corrected chi connectivity index (χ0v) is 10.0. The van der Waals surface area contributed by atoms with Crippen LogP contribution in [0, 0.1) is 10.1 Å². The molecular formula is C11H16N4O3. The molecule has 2 rings (SSSR count). The van der Waals surface area contributed by atoms with E-state index in [9.17, 15) is 10.1 Å². The summed E-state index contributed by atoms with van der Waals surface area (Å²) in [6.07, 6.45) is 2.81. The molecule has 0 aliphatic carbocycles. The SMILES string of the molecule is O=[N+]([O-])c1cnccc1NCCN1CCOCC1. The number of anilines is 1. The van der Waals surface area contributed by atoms with Crippen LogP contribution < -0.4 is 5.32 Å². The number of hydrogen-bond acceptors (Lipinski definition) is 6. The van der Waals surface area contributed by atoms with E-state index in [1.54, 1.807) is 12.3 Å². The molecule has 1 N–H and O–H groups in total. The van der Waals surface area contributed by atoms with Gasteiger partial charge in [-0.2, -0.15) is 0 Å². The Bertz CT molecular complexity index is 407. The Balaban J connectivity index is 1.84. The smallest absolute Gasteiger partial charge is 0.310 e. The normalized spacial score (nSPS) is 16.4. The number of pyridine rings is 1. The second kappa shape index (κ2) is 6.27. The van der Waals surface area contributed by atoms with Gasteiger partial charge in [-0.1, -0.05) is 0 Å². The topological polar surface area (TPSA) is 80.5 Å². The number of hydrogen-bond donors (Lipinski definition) is 1. The predicted octanol–water partition coefficient (Wildman–Crippen LogP) is 0.734. The van der Waals surface area contributed by atoms with Crippen molar-refractivity contribution in [3.63, 3.8) is 0 Å². The first kappa shape index (κ1) is 12.7. The lowest BCUT2D eigenvalue weighted by molar-refractivity contribution is -0.384. The van der Waals surface area contributed by atoms with E-state index >= 15 is 0 Å². The summed E-state index contributed by atoms with van der Waals surface area (Å²) in [5.74, 6) is 0. The highest BCUT2D eigenvalue weighted by Gasteiger charge is 2.14. The van der Waals surface area contributed by atoms with Gasteiger partial charge in [-0.15, -0.1) is 0 Å². The average molecular weight is 252 g/mol. The van der Waals surface area contributed by atoms with Crippen LogP contribution in [0.25, 0.3) is 0 Å². The highest BCUT2D eigenvalue weighted by atomic mass is 16.6. The average Bonchev–Trinajstić information content (AvgIpc) is 2.40. The summed E-state index contributed by atoms with van der Waals surface area (Å²) >= 11 is 0. The van der Waals surface area contributed by atoms with Crippen molar-refractivity contribution in [1.29, 1.82) is 0 Å². The van der Waals surface area contributed by atoms with Crippen molar-refractivity contribution in [2.45, 2.75) is 0 Å². The standard InChI is InChI=1S/C11H16N4O3/c16-15(17)11-9-12-2-1-10(11)13-3-4-14-5-7-18-8-6-14/h1-2,9H,3-8H2,(H,12,13). The maximum Gasteiger partial charge on any atom is 0.310 e. The van der Waals surface area contributed by atoms with Crippen LogP contribution >= 0.6 is 0 Å². The molecule has 0 saturated carbocycles. The molecule has 0 spiro atoms. The second-order valence-corrected chi connectivity index (χ2v) is 4.03. The quantitative estimate of drug-likeness (QED) is 0.614. The minimum atomic E-state index is -0.427. The second-order valence-electron chi connectivity index (χ2n) is 4.03. The Labute approximate surface area is 105 Å². The molecule has 7 nitrogen and oxygen atoms in total. The van der Waals surface area contributed by atoms with Gasteiger partial charge in [-0.25, -0.2) is 0 Å². The monoisotopic (exact) mass is 252 g/mol. The lowest BCUT2D eigenvalue weighted by Crippen LogP contribution is -2.39. The van der Waals surface area contributed by atoms with Gasteiger partial charge in [0.05, 0.1) is 18.1 Å². The van der Waals surface area contributed by atoms with E-state index < -0.39 is 4.92 Å². The van der Waals surface area contributed by atoms with Crippen molar-refractivity contribution in [2.24, 2.45) is 0 Å². The minimum Gasteiger partial charge on any atom is -0.379 e. The molecule has 2 heterocycles. The third-order valence-corrected chi connectivity index (χ3v) is 2.84. The van der Waals surface area contributed by atoms with Gasteiger partial charge >= 0.3 is 5.69 Å². The summed E-state index contributed by atoms with van der Waals surface area (Å²) in [5, 5.41) is 13.9. The van der Waals surface area contributed by atoms with Gasteiger partial charge < -0.3 is 10.1 Å². The number of nitrogens with zero attached hydrogens (tertiary/aromatic N) is 3. The molecule has 0 radical (unpaired) electrons. The molecule has 7 heteroatoms. The summed E-state index contributed by atoms with van der Waals surface area (Å²) in [5.41, 5.74) is 0.530. The van der Waals surface area contributed by atoms with E-state index in [4.69, 9.17) is 4.74 Å². The number of aromatic nitrogens is 1. The Kier molecular flexibility index (Phi) is 4.43. The first-order valence-electron chi connectivity index (χ1n) is 5.90. The first-order chi connectivity index (χ1) is 8.77. The first-order valence-corrected chi connectivity index (χ1v) is 5.90. The van der Waals surface area contributed by atoms with Gasteiger partial charge in [0.2, 0.25) is 0 Å². The predicted molar refractivity (Wildman–Crippen MR) is 66.6 cm³/mol. The molecule has 0 unspecified atom stereocenters. The van der Waals surface area contributed by atoms with Crippen LogP contribution in [0.15, 0.2) is 18.5 Å². The van der Waals surface area contributed by atoms with Gasteiger partial charge in [-0.05, 0) is 6.07 Å². The highest BCUT2D eigenvalue weighted by Crippen LogP contribution is 2.21. The molecule has 1 saturated heterocycles. The van der Waals surface area contributed by atoms with E-state index in [0.29, 0.717) is 12.2 Å². The van der Waals surface area contributed by atoms with Gasteiger partial charge in [0, 0.05) is 32.4 Å². The Hall–Kier alpha value is -1.73. The fraction of sp³-hybridized carbons (Fsp3) is 0.545. The molecule has 1 fully saturated rings. The number of rotatable bonds is 5. The molecule has 1 aromatic rings. The third-order valence-electron chi connectivity index (χ3n) is 2.84. The zero-order valence-electron chi connectivity index (χ0n) is 10.0. The summed E-state index contributed by atoms with van der Waals surface area (Å²) in [6, 6.07) is 1.62. The van der Waals surface area contributed by atoms with Crippen molar-refractivity contribution in [3.05, 3.63) is 28.6 Å². The maximum atomic E-state index is 10.8. The van der Waals surface area contributed by atoms with Crippen LogP contribution in [0.3, 0.4) is 0 Å². The number of nitro groups is 1. The molecule has 98 valence electrons. The molecule has 0 aromatic carbocycles. The van der Waals surface area contributed by atoms with Crippen LogP contribution in [0.2, 0.25) is 0 Å². The van der Waals surface area contributed by atoms with Crippen molar-refractivity contribution >= 4 is 11.4 Å². The van der Waals surface area contributed by atoms with Gasteiger partial charge in [0.1, 0.15) is 11.9 Å². The van der Waals surface area contributed by atoms with E-state index in [-0.39, 0.29) is 5.69 Å². The molecule has 0 amide bonds. The third kappa shape index (κ3) is 3.38. The molecule has 1 aliphatic heterocycles. The van der Waals surface area contributed by atoms with E-state index in [1.807, 2.05) is 0 Å². The van der Waals surface area contributed by atoms with Crippen LogP contribution in [0.5, 0.6) is 0 Å². The Morgan fingerprint density at radius 3 is 3.00 bits per heavy atom. The van der Waals surface area contributed by atoms with E-state index in [0.717, 1.165) is 32.8 Å². The summed E-state index contributed by atoms with van der Waals surface area (Å²) < 4.78 is 5.26. The molecule has 1 aromatic heterocycles. The number of ether oxygens (including phenoxy) is 1. The fourth-order valence-corrected chi connectivity index (χ4v) is 1.85. The van der Waals surface area contributed by atoms with Crippen molar-refractivity contribution in [3.8, 4) is 0 Å². The lowest BCUT2D eigenvalue weighted by Gasteiger charge is -2.26. The summed E-state index contributed by atoms with van der Waals surface area (Å²) in [7, 11) is 0. The van der Waals surface area contributed by atoms with E-state index in [1.165, 1.54) is 6.20 Å². The van der Waals surface area contributed by atoms with Gasteiger partial charge in [0.25, 0.3) is 0 Å². The fourth-order valence-electron chi connectivity index (χ4n) is 1.85. The van der Waals surface area contributed by atoms with Crippen LogP contribution in [-0.4, -0.2) is 54.2 Å². The van der Waals surface area contributed by atoms with Gasteiger partial charge in [-0.3, -0.25) is 20.0 Å². The van der Waals surface area contributed by atoms with Crippen molar-refractivity contribution in [1.82, 2.24) is 9.88 Å². The molecular weight excluding hydrogens is 236 g/mol. The zero-order chi connectivity index (χ0) is 12.8.